The van der Waals surface area contributed by atoms with E-state index >= 15 is 0 Å². The van der Waals surface area contributed by atoms with E-state index in [0.29, 0.717) is 16.6 Å². The molecule has 1 N–H and O–H groups in total. The number of rotatable bonds is 6. The Labute approximate surface area is 120 Å². The molecular weight excluding hydrogens is 284 g/mol. The van der Waals surface area contributed by atoms with Crippen molar-refractivity contribution in [3.63, 3.8) is 0 Å². The minimum Gasteiger partial charge on any atom is -0.486 e. The van der Waals surface area contributed by atoms with Gasteiger partial charge in [-0.25, -0.2) is 4.68 Å². The van der Waals surface area contributed by atoms with Gasteiger partial charge in [-0.2, -0.15) is 0 Å². The molecule has 0 radical (unpaired) electrons. The van der Waals surface area contributed by atoms with Gasteiger partial charge in [-0.05, 0) is 34.7 Å². The molecule has 0 bridgehead atoms. The fraction of sp³-hybridized carbons (Fsp3) is 0.333. The second-order valence-corrected chi connectivity index (χ2v) is 4.70. The van der Waals surface area contributed by atoms with Crippen molar-refractivity contribution in [3.8, 4) is 5.75 Å². The Balaban J connectivity index is 1.98. The Kier molecular flexibility index (Phi) is 4.52. The van der Waals surface area contributed by atoms with E-state index in [4.69, 9.17) is 21.4 Å². The number of tetrazole rings is 1. The molecule has 106 valence electrons. The van der Waals surface area contributed by atoms with Gasteiger partial charge in [0.2, 0.25) is 0 Å². The molecule has 0 aliphatic rings. The van der Waals surface area contributed by atoms with Crippen LogP contribution in [0.1, 0.15) is 12.7 Å². The molecule has 1 unspecified atom stereocenters. The maximum absolute atomic E-state index is 10.8. The molecule has 2 rings (SSSR count). The summed E-state index contributed by atoms with van der Waals surface area (Å²) in [5, 5.41) is 20.6. The fourth-order valence-corrected chi connectivity index (χ4v) is 1.61. The van der Waals surface area contributed by atoms with Gasteiger partial charge >= 0.3 is 5.97 Å². The maximum atomic E-state index is 10.8. The first-order valence-electron chi connectivity index (χ1n) is 5.92. The van der Waals surface area contributed by atoms with Crippen LogP contribution in [0.4, 0.5) is 0 Å². The second kappa shape index (κ2) is 6.33. The average molecular weight is 297 g/mol. The lowest BCUT2D eigenvalue weighted by Crippen LogP contribution is -2.20. The van der Waals surface area contributed by atoms with Crippen LogP contribution in [-0.2, 0) is 17.9 Å². The number of halogens is 1. The molecule has 0 fully saturated rings. The van der Waals surface area contributed by atoms with Crippen molar-refractivity contribution in [2.24, 2.45) is 5.92 Å². The summed E-state index contributed by atoms with van der Waals surface area (Å²) in [6.45, 7) is 1.94. The summed E-state index contributed by atoms with van der Waals surface area (Å²) >= 11 is 5.78. The zero-order valence-corrected chi connectivity index (χ0v) is 11.5. The highest BCUT2D eigenvalue weighted by molar-refractivity contribution is 6.30. The Hall–Kier alpha value is -2.15. The van der Waals surface area contributed by atoms with Gasteiger partial charge in [0.05, 0.1) is 12.5 Å². The lowest BCUT2D eigenvalue weighted by molar-refractivity contribution is -0.141. The number of carboxylic acid groups (broad SMARTS) is 1. The van der Waals surface area contributed by atoms with Crippen LogP contribution in [0, 0.1) is 5.92 Å². The van der Waals surface area contributed by atoms with Gasteiger partial charge < -0.3 is 9.84 Å². The maximum Gasteiger partial charge on any atom is 0.308 e. The van der Waals surface area contributed by atoms with Crippen LogP contribution < -0.4 is 4.74 Å². The smallest absolute Gasteiger partial charge is 0.308 e. The number of carbonyl (C=O) groups is 1. The van der Waals surface area contributed by atoms with Gasteiger partial charge in [0, 0.05) is 5.02 Å². The van der Waals surface area contributed by atoms with E-state index in [9.17, 15) is 4.79 Å². The van der Waals surface area contributed by atoms with Crippen LogP contribution in [0.25, 0.3) is 0 Å². The quantitative estimate of drug-likeness (QED) is 0.871. The van der Waals surface area contributed by atoms with Gasteiger partial charge in [0.1, 0.15) is 12.4 Å². The van der Waals surface area contributed by atoms with Crippen molar-refractivity contribution in [1.29, 1.82) is 0 Å². The van der Waals surface area contributed by atoms with Crippen molar-refractivity contribution >= 4 is 17.6 Å². The number of nitrogens with zero attached hydrogens (tertiary/aromatic N) is 4. The molecule has 1 aromatic carbocycles. The Morgan fingerprint density at radius 1 is 1.45 bits per heavy atom. The molecule has 8 heteroatoms. The largest absolute Gasteiger partial charge is 0.486 e. The molecule has 0 aliphatic carbocycles. The molecule has 0 saturated heterocycles. The van der Waals surface area contributed by atoms with Crippen molar-refractivity contribution < 1.29 is 14.6 Å². The lowest BCUT2D eigenvalue weighted by atomic mass is 10.2. The number of hydrogen-bond acceptors (Lipinski definition) is 5. The highest BCUT2D eigenvalue weighted by Gasteiger charge is 2.15. The number of hydrogen-bond donors (Lipinski definition) is 1. The molecule has 20 heavy (non-hydrogen) atoms. The first-order valence-corrected chi connectivity index (χ1v) is 6.30. The lowest BCUT2D eigenvalue weighted by Gasteiger charge is -2.09. The zero-order chi connectivity index (χ0) is 14.5. The third-order valence-corrected chi connectivity index (χ3v) is 2.91. The van der Waals surface area contributed by atoms with Crippen LogP contribution >= 0.6 is 11.6 Å². The van der Waals surface area contributed by atoms with Gasteiger partial charge in [-0.1, -0.05) is 18.5 Å². The Bertz CT molecular complexity index is 585. The fourth-order valence-electron chi connectivity index (χ4n) is 1.48. The normalized spacial score (nSPS) is 12.1. The van der Waals surface area contributed by atoms with Gasteiger partial charge in [0.25, 0.3) is 0 Å². The van der Waals surface area contributed by atoms with Crippen LogP contribution in [0.5, 0.6) is 5.75 Å². The number of aliphatic carboxylic acids is 1. The van der Waals surface area contributed by atoms with Gasteiger partial charge in [0.15, 0.2) is 5.82 Å². The van der Waals surface area contributed by atoms with E-state index in [0.717, 1.165) is 0 Å². The molecule has 1 heterocycles. The van der Waals surface area contributed by atoms with Gasteiger partial charge in [-0.3, -0.25) is 4.79 Å². The number of carboxylic acids is 1. The first kappa shape index (κ1) is 14.3. The molecule has 1 atom stereocenters. The summed E-state index contributed by atoms with van der Waals surface area (Å²) in [4.78, 5) is 10.8. The minimum atomic E-state index is -0.898. The van der Waals surface area contributed by atoms with Crippen molar-refractivity contribution in [2.75, 3.05) is 0 Å². The molecule has 0 amide bonds. The van der Waals surface area contributed by atoms with E-state index in [1.54, 1.807) is 31.2 Å². The van der Waals surface area contributed by atoms with Crippen LogP contribution in [0.2, 0.25) is 5.02 Å². The molecule has 0 aliphatic heterocycles. The summed E-state index contributed by atoms with van der Waals surface area (Å²) < 4.78 is 6.94. The molecule has 2 aromatic rings. The van der Waals surface area contributed by atoms with Crippen molar-refractivity contribution in [3.05, 3.63) is 35.1 Å². The summed E-state index contributed by atoms with van der Waals surface area (Å²) in [7, 11) is 0. The highest BCUT2D eigenvalue weighted by Crippen LogP contribution is 2.16. The number of benzene rings is 1. The number of aromatic nitrogens is 4. The van der Waals surface area contributed by atoms with E-state index in [1.807, 2.05) is 0 Å². The average Bonchev–Trinajstić information content (AvgIpc) is 2.85. The zero-order valence-electron chi connectivity index (χ0n) is 10.7. The topological polar surface area (TPSA) is 90.1 Å². The molecular formula is C12H13ClN4O3. The van der Waals surface area contributed by atoms with Crippen molar-refractivity contribution in [2.45, 2.75) is 20.1 Å². The highest BCUT2D eigenvalue weighted by atomic mass is 35.5. The Morgan fingerprint density at radius 3 is 2.80 bits per heavy atom. The van der Waals surface area contributed by atoms with Crippen LogP contribution in [-0.4, -0.2) is 31.3 Å². The predicted molar refractivity (Wildman–Crippen MR) is 70.4 cm³/mol. The standard InChI is InChI=1S/C12H13ClN4O3/c1-8(12(18)19)6-17-11(14-15-16-17)7-20-10-4-2-9(13)3-5-10/h2-5,8H,6-7H2,1H3,(H,18,19). The first-order chi connectivity index (χ1) is 9.56. The van der Waals surface area contributed by atoms with Crippen molar-refractivity contribution in [1.82, 2.24) is 20.2 Å². The summed E-state index contributed by atoms with van der Waals surface area (Å²) in [5.74, 6) is -0.374. The van der Waals surface area contributed by atoms with E-state index in [2.05, 4.69) is 15.5 Å². The summed E-state index contributed by atoms with van der Waals surface area (Å²) in [5.41, 5.74) is 0. The minimum absolute atomic E-state index is 0.154. The second-order valence-electron chi connectivity index (χ2n) is 4.26. The number of ether oxygens (including phenoxy) is 1. The molecule has 0 spiro atoms. The monoisotopic (exact) mass is 296 g/mol. The molecule has 1 aromatic heterocycles. The predicted octanol–water partition coefficient (Wildman–Crippen LogP) is 1.63. The molecule has 7 nitrogen and oxygen atoms in total. The van der Waals surface area contributed by atoms with E-state index in [1.165, 1.54) is 4.68 Å². The van der Waals surface area contributed by atoms with Crippen LogP contribution in [0.3, 0.4) is 0 Å². The summed E-state index contributed by atoms with van der Waals surface area (Å²) in [6, 6.07) is 6.89. The Morgan fingerprint density at radius 2 is 2.15 bits per heavy atom. The third kappa shape index (κ3) is 3.67. The van der Waals surface area contributed by atoms with Crippen LogP contribution in [0.15, 0.2) is 24.3 Å². The van der Waals surface area contributed by atoms with E-state index < -0.39 is 11.9 Å². The molecule has 0 saturated carbocycles. The summed E-state index contributed by atoms with van der Waals surface area (Å²) in [6.07, 6.45) is 0. The third-order valence-electron chi connectivity index (χ3n) is 2.66. The van der Waals surface area contributed by atoms with E-state index in [-0.39, 0.29) is 13.2 Å². The van der Waals surface area contributed by atoms with Gasteiger partial charge in [-0.15, -0.1) is 5.10 Å². The SMILES string of the molecule is CC(Cn1nnnc1COc1ccc(Cl)cc1)C(=O)O.